The lowest BCUT2D eigenvalue weighted by Crippen LogP contribution is -2.48. The lowest BCUT2D eigenvalue weighted by atomic mass is 10.2. The van der Waals surface area contributed by atoms with Gasteiger partial charge >= 0.3 is 0 Å². The van der Waals surface area contributed by atoms with Crippen molar-refractivity contribution < 1.29 is 14.3 Å². The molecule has 0 spiro atoms. The summed E-state index contributed by atoms with van der Waals surface area (Å²) in [7, 11) is 0. The van der Waals surface area contributed by atoms with Crippen LogP contribution in [0.15, 0.2) is 0 Å². The first-order chi connectivity index (χ1) is 7.49. The molecule has 4 heteroatoms. The molecule has 0 aromatic heterocycles. The Hall–Kier alpha value is -0.610. The molecule has 0 aromatic carbocycles. The summed E-state index contributed by atoms with van der Waals surface area (Å²) in [5, 5.41) is 0. The summed E-state index contributed by atoms with van der Waals surface area (Å²) in [5.41, 5.74) is 0. The maximum atomic E-state index is 11.9. The average molecular weight is 229 g/mol. The van der Waals surface area contributed by atoms with E-state index >= 15 is 0 Å². The smallest absolute Gasteiger partial charge is 0.225 e. The van der Waals surface area contributed by atoms with Crippen LogP contribution in [0.25, 0.3) is 0 Å². The highest BCUT2D eigenvalue weighted by molar-refractivity contribution is 5.76. The molecule has 0 N–H and O–H groups in total. The van der Waals surface area contributed by atoms with Crippen LogP contribution in [0, 0.1) is 0 Å². The summed E-state index contributed by atoms with van der Waals surface area (Å²) in [6.45, 7) is 9.86. The van der Waals surface area contributed by atoms with Crippen molar-refractivity contribution in [3.63, 3.8) is 0 Å². The Morgan fingerprint density at radius 1 is 1.38 bits per heavy atom. The first-order valence-corrected chi connectivity index (χ1v) is 6.04. The van der Waals surface area contributed by atoms with Gasteiger partial charge in [0, 0.05) is 13.1 Å². The lowest BCUT2D eigenvalue weighted by molar-refractivity contribution is -0.144. The minimum atomic E-state index is 0.138. The molecule has 0 radical (unpaired) electrons. The zero-order chi connectivity index (χ0) is 12.1. The van der Waals surface area contributed by atoms with Crippen LogP contribution in [0.3, 0.4) is 0 Å². The van der Waals surface area contributed by atoms with Gasteiger partial charge < -0.3 is 14.4 Å². The summed E-state index contributed by atoms with van der Waals surface area (Å²) < 4.78 is 11.0. The largest absolute Gasteiger partial charge is 0.378 e. The molecule has 0 bridgehead atoms. The number of morpholine rings is 1. The Labute approximate surface area is 97.9 Å². The number of hydrogen-bond donors (Lipinski definition) is 0. The van der Waals surface area contributed by atoms with Gasteiger partial charge in [0.1, 0.15) is 0 Å². The van der Waals surface area contributed by atoms with Crippen LogP contribution < -0.4 is 0 Å². The third-order valence-electron chi connectivity index (χ3n) is 2.54. The third kappa shape index (κ3) is 4.49. The van der Waals surface area contributed by atoms with Crippen LogP contribution >= 0.6 is 0 Å². The van der Waals surface area contributed by atoms with Crippen LogP contribution in [0.1, 0.15) is 34.1 Å². The number of rotatable bonds is 4. The van der Waals surface area contributed by atoms with Gasteiger partial charge in [0.05, 0.1) is 31.3 Å². The van der Waals surface area contributed by atoms with Crippen molar-refractivity contribution in [3.05, 3.63) is 0 Å². The van der Waals surface area contributed by atoms with Crippen LogP contribution in [0.5, 0.6) is 0 Å². The standard InChI is InChI=1S/C12H23NO3/c1-9(2)15-6-5-12(14)13-7-10(3)16-11(4)8-13/h9-11H,5-8H2,1-4H3. The van der Waals surface area contributed by atoms with Crippen LogP contribution in [-0.2, 0) is 14.3 Å². The van der Waals surface area contributed by atoms with Gasteiger partial charge in [-0.15, -0.1) is 0 Å². The van der Waals surface area contributed by atoms with E-state index in [1.165, 1.54) is 0 Å². The summed E-state index contributed by atoms with van der Waals surface area (Å²) in [5.74, 6) is 0.169. The Morgan fingerprint density at radius 3 is 2.44 bits per heavy atom. The topological polar surface area (TPSA) is 38.8 Å². The predicted octanol–water partition coefficient (Wildman–Crippen LogP) is 1.44. The fraction of sp³-hybridized carbons (Fsp3) is 0.917. The van der Waals surface area contributed by atoms with E-state index in [2.05, 4.69) is 0 Å². The van der Waals surface area contributed by atoms with E-state index in [1.807, 2.05) is 32.6 Å². The SMILES string of the molecule is CC(C)OCCC(=O)N1CC(C)OC(C)C1. The second-order valence-corrected chi connectivity index (χ2v) is 4.73. The Morgan fingerprint density at radius 2 is 1.94 bits per heavy atom. The summed E-state index contributed by atoms with van der Waals surface area (Å²) in [6, 6.07) is 0. The summed E-state index contributed by atoms with van der Waals surface area (Å²) in [6.07, 6.45) is 0.935. The molecule has 4 nitrogen and oxygen atoms in total. The molecule has 16 heavy (non-hydrogen) atoms. The third-order valence-corrected chi connectivity index (χ3v) is 2.54. The van der Waals surface area contributed by atoms with E-state index in [9.17, 15) is 4.79 Å². The minimum absolute atomic E-state index is 0.138. The van der Waals surface area contributed by atoms with Gasteiger partial charge in [0.25, 0.3) is 0 Å². The van der Waals surface area contributed by atoms with Crippen molar-refractivity contribution in [2.24, 2.45) is 0 Å². The van der Waals surface area contributed by atoms with Gasteiger partial charge in [0.15, 0.2) is 0 Å². The molecule has 2 atom stereocenters. The van der Waals surface area contributed by atoms with Crippen molar-refractivity contribution in [2.45, 2.75) is 52.4 Å². The zero-order valence-corrected chi connectivity index (χ0v) is 10.7. The molecular formula is C12H23NO3. The maximum absolute atomic E-state index is 11.9. The van der Waals surface area contributed by atoms with Crippen molar-refractivity contribution >= 4 is 5.91 Å². The van der Waals surface area contributed by atoms with E-state index in [4.69, 9.17) is 9.47 Å². The van der Waals surface area contributed by atoms with E-state index < -0.39 is 0 Å². The quantitative estimate of drug-likeness (QED) is 0.732. The Kier molecular flexibility index (Phi) is 5.22. The first-order valence-electron chi connectivity index (χ1n) is 6.04. The minimum Gasteiger partial charge on any atom is -0.378 e. The van der Waals surface area contributed by atoms with Crippen LogP contribution in [0.2, 0.25) is 0 Å². The molecule has 1 aliphatic heterocycles. The van der Waals surface area contributed by atoms with E-state index in [0.717, 1.165) is 0 Å². The second kappa shape index (κ2) is 6.21. The number of carbonyl (C=O) groups is 1. The zero-order valence-electron chi connectivity index (χ0n) is 10.7. The molecule has 1 aliphatic rings. The maximum Gasteiger partial charge on any atom is 0.225 e. The highest BCUT2D eigenvalue weighted by Crippen LogP contribution is 2.11. The van der Waals surface area contributed by atoms with Crippen LogP contribution in [0.4, 0.5) is 0 Å². The van der Waals surface area contributed by atoms with Crippen molar-refractivity contribution in [2.75, 3.05) is 19.7 Å². The van der Waals surface area contributed by atoms with Gasteiger partial charge in [-0.1, -0.05) is 0 Å². The lowest BCUT2D eigenvalue weighted by Gasteiger charge is -2.35. The molecule has 1 heterocycles. The van der Waals surface area contributed by atoms with Crippen molar-refractivity contribution in [1.29, 1.82) is 0 Å². The van der Waals surface area contributed by atoms with Crippen molar-refractivity contribution in [1.82, 2.24) is 4.90 Å². The molecule has 0 aliphatic carbocycles. The van der Waals surface area contributed by atoms with Gasteiger partial charge in [-0.25, -0.2) is 0 Å². The van der Waals surface area contributed by atoms with E-state index in [-0.39, 0.29) is 24.2 Å². The molecule has 1 amide bonds. The molecule has 1 rings (SSSR count). The predicted molar refractivity (Wildman–Crippen MR) is 62.3 cm³/mol. The monoisotopic (exact) mass is 229 g/mol. The molecule has 0 saturated carbocycles. The molecule has 0 aromatic rings. The Bertz CT molecular complexity index is 220. The normalized spacial score (nSPS) is 26.2. The molecular weight excluding hydrogens is 206 g/mol. The van der Waals surface area contributed by atoms with Gasteiger partial charge in [-0.3, -0.25) is 4.79 Å². The molecule has 1 fully saturated rings. The second-order valence-electron chi connectivity index (χ2n) is 4.73. The molecule has 94 valence electrons. The van der Waals surface area contributed by atoms with Gasteiger partial charge in [-0.2, -0.15) is 0 Å². The highest BCUT2D eigenvalue weighted by atomic mass is 16.5. The molecule has 2 unspecified atom stereocenters. The fourth-order valence-corrected chi connectivity index (χ4v) is 1.92. The number of carbonyl (C=O) groups excluding carboxylic acids is 1. The van der Waals surface area contributed by atoms with Gasteiger partial charge in [0.2, 0.25) is 5.91 Å². The van der Waals surface area contributed by atoms with E-state index in [1.54, 1.807) is 0 Å². The van der Waals surface area contributed by atoms with E-state index in [0.29, 0.717) is 26.1 Å². The van der Waals surface area contributed by atoms with Gasteiger partial charge in [-0.05, 0) is 27.7 Å². The highest BCUT2D eigenvalue weighted by Gasteiger charge is 2.25. The number of ether oxygens (including phenoxy) is 2. The average Bonchev–Trinajstić information content (AvgIpc) is 2.15. The summed E-state index contributed by atoms with van der Waals surface area (Å²) in [4.78, 5) is 13.7. The van der Waals surface area contributed by atoms with Crippen molar-refractivity contribution in [3.8, 4) is 0 Å². The van der Waals surface area contributed by atoms with Crippen LogP contribution in [-0.4, -0.2) is 48.8 Å². The Balaban J connectivity index is 2.30. The summed E-state index contributed by atoms with van der Waals surface area (Å²) >= 11 is 0. The molecule has 1 saturated heterocycles. The first kappa shape index (κ1) is 13.5. The fourth-order valence-electron chi connectivity index (χ4n) is 1.92. The number of amides is 1. The number of nitrogens with zero attached hydrogens (tertiary/aromatic N) is 1. The number of hydrogen-bond acceptors (Lipinski definition) is 3.